The Morgan fingerprint density at radius 3 is 0.625 bits per heavy atom. The van der Waals surface area contributed by atoms with Crippen molar-refractivity contribution in [2.24, 2.45) is 0 Å². The van der Waals surface area contributed by atoms with Crippen LogP contribution >= 0.6 is 0 Å². The number of esters is 3. The van der Waals surface area contributed by atoms with Crippen molar-refractivity contribution in [1.29, 1.82) is 0 Å². The zero-order valence-electron chi connectivity index (χ0n) is 54.6. The van der Waals surface area contributed by atoms with Crippen molar-refractivity contribution >= 4 is 17.9 Å². The zero-order chi connectivity index (χ0) is 57.8. The molecule has 0 fully saturated rings. The fourth-order valence-electron chi connectivity index (χ4n) is 11.5. The third-order valence-corrected chi connectivity index (χ3v) is 17.0. The maximum absolute atomic E-state index is 12.9. The first-order valence-electron chi connectivity index (χ1n) is 36.7. The second-order valence-corrected chi connectivity index (χ2v) is 25.2. The summed E-state index contributed by atoms with van der Waals surface area (Å²) in [5, 5.41) is 0. The van der Waals surface area contributed by atoms with E-state index in [0.717, 1.165) is 57.8 Å². The van der Waals surface area contributed by atoms with Gasteiger partial charge in [-0.25, -0.2) is 0 Å². The van der Waals surface area contributed by atoms with Gasteiger partial charge in [-0.05, 0) is 44.9 Å². The number of carbonyl (C=O) groups excluding carboxylic acids is 3. The normalized spacial score (nSPS) is 12.0. The predicted octanol–water partition coefficient (Wildman–Crippen LogP) is 25.2. The van der Waals surface area contributed by atoms with E-state index in [2.05, 4.69) is 32.9 Å². The van der Waals surface area contributed by atoms with Crippen molar-refractivity contribution in [1.82, 2.24) is 0 Å². The number of ether oxygens (including phenoxy) is 3. The van der Waals surface area contributed by atoms with E-state index in [4.69, 9.17) is 14.2 Å². The van der Waals surface area contributed by atoms with Crippen molar-refractivity contribution < 1.29 is 28.6 Å². The number of hydrogen-bond donors (Lipinski definition) is 0. The molecule has 0 aromatic rings. The highest BCUT2D eigenvalue weighted by atomic mass is 16.6. The lowest BCUT2D eigenvalue weighted by Gasteiger charge is -2.18. The summed E-state index contributed by atoms with van der Waals surface area (Å²) < 4.78 is 16.9. The molecule has 0 N–H and O–H groups in total. The van der Waals surface area contributed by atoms with Crippen LogP contribution in [0.3, 0.4) is 0 Å². The molecule has 0 saturated heterocycles. The Bertz CT molecular complexity index is 1250. The Balaban J connectivity index is 3.98. The lowest BCUT2D eigenvalue weighted by molar-refractivity contribution is -0.167. The second-order valence-electron chi connectivity index (χ2n) is 25.2. The molecule has 6 nitrogen and oxygen atoms in total. The largest absolute Gasteiger partial charge is 0.462 e. The Labute approximate surface area is 501 Å². The molecule has 0 aromatic carbocycles. The van der Waals surface area contributed by atoms with Gasteiger partial charge in [0.15, 0.2) is 6.10 Å². The van der Waals surface area contributed by atoms with E-state index >= 15 is 0 Å². The van der Waals surface area contributed by atoms with Gasteiger partial charge in [-0.3, -0.25) is 14.4 Å². The summed E-state index contributed by atoms with van der Waals surface area (Å²) in [7, 11) is 0. The van der Waals surface area contributed by atoms with Crippen LogP contribution in [0.1, 0.15) is 425 Å². The van der Waals surface area contributed by atoms with Crippen molar-refractivity contribution in [3.63, 3.8) is 0 Å². The lowest BCUT2D eigenvalue weighted by atomic mass is 10.0. The maximum atomic E-state index is 12.9. The summed E-state index contributed by atoms with van der Waals surface area (Å²) in [5.41, 5.74) is 0. The molecule has 0 aliphatic rings. The van der Waals surface area contributed by atoms with Crippen LogP contribution in [0.25, 0.3) is 0 Å². The second kappa shape index (κ2) is 69.6. The van der Waals surface area contributed by atoms with Crippen LogP contribution in [0.15, 0.2) is 12.2 Å². The molecule has 0 bridgehead atoms. The molecule has 6 heteroatoms. The van der Waals surface area contributed by atoms with Gasteiger partial charge in [-0.2, -0.15) is 0 Å². The predicted molar refractivity (Wildman–Crippen MR) is 349 cm³/mol. The van der Waals surface area contributed by atoms with Crippen LogP contribution in [0.5, 0.6) is 0 Å². The van der Waals surface area contributed by atoms with Gasteiger partial charge in [0.25, 0.3) is 0 Å². The van der Waals surface area contributed by atoms with Gasteiger partial charge in [0, 0.05) is 19.3 Å². The Kier molecular flexibility index (Phi) is 68.0. The van der Waals surface area contributed by atoms with Gasteiger partial charge < -0.3 is 14.2 Å². The summed E-state index contributed by atoms with van der Waals surface area (Å²) in [4.78, 5) is 38.2. The smallest absolute Gasteiger partial charge is 0.306 e. The van der Waals surface area contributed by atoms with Gasteiger partial charge in [0.2, 0.25) is 0 Å². The van der Waals surface area contributed by atoms with Gasteiger partial charge >= 0.3 is 17.9 Å². The average molecular weight is 1130 g/mol. The minimum atomic E-state index is -0.764. The molecule has 80 heavy (non-hydrogen) atoms. The number of hydrogen-bond acceptors (Lipinski definition) is 6. The first kappa shape index (κ1) is 78.1. The van der Waals surface area contributed by atoms with Crippen LogP contribution < -0.4 is 0 Å². The molecular formula is C74H142O6. The Hall–Kier alpha value is -1.85. The van der Waals surface area contributed by atoms with E-state index in [-0.39, 0.29) is 31.1 Å². The molecule has 0 aliphatic heterocycles. The molecule has 0 radical (unpaired) electrons. The van der Waals surface area contributed by atoms with Gasteiger partial charge in [-0.1, -0.05) is 373 Å². The molecule has 0 aromatic heterocycles. The number of unbranched alkanes of at least 4 members (excludes halogenated alkanes) is 56. The Morgan fingerprint density at radius 1 is 0.237 bits per heavy atom. The summed E-state index contributed by atoms with van der Waals surface area (Å²) >= 11 is 0. The van der Waals surface area contributed by atoms with Gasteiger partial charge in [0.1, 0.15) is 13.2 Å². The molecule has 0 rings (SSSR count). The number of allylic oxidation sites excluding steroid dienone is 2. The monoisotopic (exact) mass is 1130 g/mol. The van der Waals surface area contributed by atoms with Crippen molar-refractivity contribution in [3.05, 3.63) is 12.2 Å². The SMILES string of the molecule is CCCCCCCCCC/C=C\CCCCCCCCCCCCCCCCCCCC(=O)OCC(COC(=O)CCCCCCCCC)OC(=O)CCCCCCCCCCCCCCCCCCCCCCCCCCCC. The highest BCUT2D eigenvalue weighted by molar-refractivity contribution is 5.71. The lowest BCUT2D eigenvalue weighted by Crippen LogP contribution is -2.30. The molecule has 474 valence electrons. The number of rotatable bonds is 69. The number of carbonyl (C=O) groups is 3. The third-order valence-electron chi connectivity index (χ3n) is 17.0. The molecule has 0 amide bonds. The van der Waals surface area contributed by atoms with E-state index in [9.17, 15) is 14.4 Å². The molecule has 1 unspecified atom stereocenters. The average Bonchev–Trinajstić information content (AvgIpc) is 3.46. The molecular weight excluding hydrogens is 985 g/mol. The van der Waals surface area contributed by atoms with E-state index in [1.54, 1.807) is 0 Å². The summed E-state index contributed by atoms with van der Waals surface area (Å²) in [5.74, 6) is -0.836. The Morgan fingerprint density at radius 2 is 0.412 bits per heavy atom. The molecule has 0 aliphatic carbocycles. The van der Waals surface area contributed by atoms with E-state index < -0.39 is 6.10 Å². The minimum absolute atomic E-state index is 0.0630. The fourth-order valence-corrected chi connectivity index (χ4v) is 11.5. The van der Waals surface area contributed by atoms with Crippen LogP contribution in [0.4, 0.5) is 0 Å². The first-order valence-corrected chi connectivity index (χ1v) is 36.7. The van der Waals surface area contributed by atoms with Crippen LogP contribution in [0.2, 0.25) is 0 Å². The third kappa shape index (κ3) is 66.9. The van der Waals surface area contributed by atoms with Crippen LogP contribution in [0, 0.1) is 0 Å². The fraction of sp³-hybridized carbons (Fsp3) is 0.932. The minimum Gasteiger partial charge on any atom is -0.462 e. The zero-order valence-corrected chi connectivity index (χ0v) is 54.6. The standard InChI is InChI=1S/C74H142O6/c1-4-7-10-13-16-18-20-22-24-26-28-30-32-34-36-37-38-40-41-43-45-47-49-51-53-55-58-61-64-67-73(76)79-70-71(69-78-72(75)66-63-60-57-15-12-9-6-3)80-74(77)68-65-62-59-56-54-52-50-48-46-44-42-39-35-33-31-29-27-25-23-21-19-17-14-11-8-5-2/h26,28,71H,4-25,27,29-70H2,1-3H3/b28-26-. The summed E-state index contributed by atoms with van der Waals surface area (Å²) in [6.07, 6.45) is 84.4. The summed E-state index contributed by atoms with van der Waals surface area (Å²) in [6, 6.07) is 0. The highest BCUT2D eigenvalue weighted by Gasteiger charge is 2.20. The quantitative estimate of drug-likeness (QED) is 0.0261. The van der Waals surface area contributed by atoms with Gasteiger partial charge in [-0.15, -0.1) is 0 Å². The molecule has 0 saturated carbocycles. The molecule has 0 heterocycles. The van der Waals surface area contributed by atoms with Crippen LogP contribution in [-0.2, 0) is 28.6 Å². The van der Waals surface area contributed by atoms with E-state index in [1.165, 1.54) is 327 Å². The highest BCUT2D eigenvalue weighted by Crippen LogP contribution is 2.19. The topological polar surface area (TPSA) is 78.9 Å². The van der Waals surface area contributed by atoms with Crippen molar-refractivity contribution in [2.45, 2.75) is 431 Å². The van der Waals surface area contributed by atoms with E-state index in [0.29, 0.717) is 19.3 Å². The van der Waals surface area contributed by atoms with Crippen molar-refractivity contribution in [3.8, 4) is 0 Å². The molecule has 1 atom stereocenters. The first-order chi connectivity index (χ1) is 39.5. The van der Waals surface area contributed by atoms with Crippen LogP contribution in [-0.4, -0.2) is 37.2 Å². The van der Waals surface area contributed by atoms with Gasteiger partial charge in [0.05, 0.1) is 0 Å². The maximum Gasteiger partial charge on any atom is 0.306 e. The molecule has 0 spiro atoms. The summed E-state index contributed by atoms with van der Waals surface area (Å²) in [6.45, 7) is 6.69. The van der Waals surface area contributed by atoms with E-state index in [1.807, 2.05) is 0 Å². The van der Waals surface area contributed by atoms with Crippen molar-refractivity contribution in [2.75, 3.05) is 13.2 Å².